The van der Waals surface area contributed by atoms with Gasteiger partial charge in [0, 0.05) is 0 Å². The molecule has 0 unspecified atom stereocenters. The van der Waals surface area contributed by atoms with E-state index >= 15 is 0 Å². The van der Waals surface area contributed by atoms with Gasteiger partial charge >= 0.3 is 6.09 Å². The molecule has 0 bridgehead atoms. The zero-order valence-electron chi connectivity index (χ0n) is 12.6. The van der Waals surface area contributed by atoms with Crippen LogP contribution in [0.5, 0.6) is 0 Å². The van der Waals surface area contributed by atoms with Crippen molar-refractivity contribution >= 4 is 12.0 Å². The zero-order valence-corrected chi connectivity index (χ0v) is 12.6. The van der Waals surface area contributed by atoms with Crippen molar-refractivity contribution < 1.29 is 19.4 Å². The zero-order chi connectivity index (χ0) is 15.0. The number of amides is 2. The second kappa shape index (κ2) is 5.49. The molecule has 3 atom stereocenters. The van der Waals surface area contributed by atoms with E-state index in [0.717, 1.165) is 0 Å². The Balaban J connectivity index is 2.89. The van der Waals surface area contributed by atoms with Crippen molar-refractivity contribution in [2.75, 3.05) is 6.61 Å². The smallest absolute Gasteiger partial charge is 0.416 e. The Kier molecular flexibility index (Phi) is 4.61. The first-order chi connectivity index (χ1) is 8.57. The molecule has 110 valence electrons. The first-order valence-corrected chi connectivity index (χ1v) is 6.75. The number of hydrogen-bond acceptors (Lipinski definition) is 4. The van der Waals surface area contributed by atoms with Crippen LogP contribution in [0.2, 0.25) is 0 Å². The fraction of sp³-hybridized carbons (Fsp3) is 0.857. The Labute approximate surface area is 114 Å². The topological polar surface area (TPSA) is 66.8 Å². The molecule has 1 N–H and O–H groups in total. The molecule has 1 heterocycles. The summed E-state index contributed by atoms with van der Waals surface area (Å²) in [5, 5.41) is 10.2. The van der Waals surface area contributed by atoms with Crippen LogP contribution in [0.1, 0.15) is 41.5 Å². The summed E-state index contributed by atoms with van der Waals surface area (Å²) in [6, 6.07) is -0.241. The molecular formula is C14H25NO4. The minimum atomic E-state index is -0.804. The number of hydrogen-bond donors (Lipinski definition) is 1. The average molecular weight is 271 g/mol. The highest BCUT2D eigenvalue weighted by Crippen LogP contribution is 2.29. The summed E-state index contributed by atoms with van der Waals surface area (Å²) in [5.74, 6) is -0.857. The number of nitrogens with zero attached hydrogens (tertiary/aromatic N) is 1. The van der Waals surface area contributed by atoms with Crippen LogP contribution in [0.25, 0.3) is 0 Å². The van der Waals surface area contributed by atoms with E-state index in [-0.39, 0.29) is 24.5 Å². The van der Waals surface area contributed by atoms with Gasteiger partial charge in [-0.15, -0.1) is 0 Å². The van der Waals surface area contributed by atoms with Gasteiger partial charge in [0.15, 0.2) is 0 Å². The van der Waals surface area contributed by atoms with Gasteiger partial charge in [0.25, 0.3) is 0 Å². The second-order valence-corrected chi connectivity index (χ2v) is 6.70. The van der Waals surface area contributed by atoms with Crippen molar-refractivity contribution in [1.82, 2.24) is 4.90 Å². The highest BCUT2D eigenvalue weighted by Gasteiger charge is 2.44. The van der Waals surface area contributed by atoms with Gasteiger partial charge in [-0.1, -0.05) is 41.5 Å². The van der Waals surface area contributed by atoms with Gasteiger partial charge < -0.3 is 9.84 Å². The summed E-state index contributed by atoms with van der Waals surface area (Å²) in [4.78, 5) is 25.3. The Morgan fingerprint density at radius 3 is 2.32 bits per heavy atom. The van der Waals surface area contributed by atoms with Crippen molar-refractivity contribution in [3.05, 3.63) is 0 Å². The molecule has 1 aliphatic heterocycles. The van der Waals surface area contributed by atoms with Gasteiger partial charge in [-0.05, 0) is 11.3 Å². The highest BCUT2D eigenvalue weighted by atomic mass is 16.6. The van der Waals surface area contributed by atoms with E-state index in [1.54, 1.807) is 6.92 Å². The van der Waals surface area contributed by atoms with Crippen LogP contribution in [-0.2, 0) is 9.53 Å². The molecule has 0 aromatic carbocycles. The normalized spacial score (nSPS) is 23.5. The molecule has 0 saturated carbocycles. The third-order valence-corrected chi connectivity index (χ3v) is 3.66. The summed E-state index contributed by atoms with van der Waals surface area (Å²) >= 11 is 0. The van der Waals surface area contributed by atoms with Crippen LogP contribution in [-0.4, -0.2) is 40.8 Å². The standard InChI is InChI=1S/C14H25NO4/c1-8(2)10-7-19-13(18)15(10)12(17)9(3)11(16)14(4,5)6/h8-11,16H,7H2,1-6H3/t9-,10+,11+/m0/s1. The summed E-state index contributed by atoms with van der Waals surface area (Å²) in [5.41, 5.74) is -0.411. The molecule has 1 aliphatic rings. The van der Waals surface area contributed by atoms with Crippen LogP contribution in [0.4, 0.5) is 4.79 Å². The lowest BCUT2D eigenvalue weighted by Gasteiger charge is -2.33. The van der Waals surface area contributed by atoms with E-state index in [2.05, 4.69) is 0 Å². The van der Waals surface area contributed by atoms with Gasteiger partial charge in [-0.3, -0.25) is 4.79 Å². The highest BCUT2D eigenvalue weighted by molar-refractivity contribution is 5.95. The molecule has 5 heteroatoms. The third-order valence-electron chi connectivity index (χ3n) is 3.66. The molecule has 0 radical (unpaired) electrons. The van der Waals surface area contributed by atoms with Crippen molar-refractivity contribution in [2.24, 2.45) is 17.3 Å². The van der Waals surface area contributed by atoms with E-state index in [1.165, 1.54) is 4.90 Å². The van der Waals surface area contributed by atoms with Crippen molar-refractivity contribution in [2.45, 2.75) is 53.7 Å². The van der Waals surface area contributed by atoms with Crippen molar-refractivity contribution in [3.63, 3.8) is 0 Å². The average Bonchev–Trinajstić information content (AvgIpc) is 2.67. The third kappa shape index (κ3) is 3.26. The van der Waals surface area contributed by atoms with E-state index in [4.69, 9.17) is 4.74 Å². The van der Waals surface area contributed by atoms with Crippen LogP contribution < -0.4 is 0 Å². The van der Waals surface area contributed by atoms with Gasteiger partial charge in [0.2, 0.25) is 5.91 Å². The van der Waals surface area contributed by atoms with Crippen LogP contribution >= 0.6 is 0 Å². The number of carbonyl (C=O) groups is 2. The predicted octanol–water partition coefficient (Wildman–Crippen LogP) is 2.03. The molecule has 0 spiro atoms. The molecular weight excluding hydrogens is 246 g/mol. The minimum Gasteiger partial charge on any atom is -0.447 e. The van der Waals surface area contributed by atoms with Crippen molar-refractivity contribution in [3.8, 4) is 0 Å². The van der Waals surface area contributed by atoms with Crippen molar-refractivity contribution in [1.29, 1.82) is 0 Å². The first-order valence-electron chi connectivity index (χ1n) is 6.75. The lowest BCUT2D eigenvalue weighted by atomic mass is 9.81. The molecule has 5 nitrogen and oxygen atoms in total. The van der Waals surface area contributed by atoms with E-state index < -0.39 is 23.5 Å². The van der Waals surface area contributed by atoms with E-state index in [1.807, 2.05) is 34.6 Å². The summed E-state index contributed by atoms with van der Waals surface area (Å²) in [6.07, 6.45) is -1.40. The Bertz CT molecular complexity index is 359. The first kappa shape index (κ1) is 16.0. The number of rotatable bonds is 3. The lowest BCUT2D eigenvalue weighted by molar-refractivity contribution is -0.139. The van der Waals surface area contributed by atoms with Gasteiger partial charge in [0.05, 0.1) is 18.1 Å². The quantitative estimate of drug-likeness (QED) is 0.853. The number of ether oxygens (including phenoxy) is 1. The maximum absolute atomic E-state index is 12.4. The summed E-state index contributed by atoms with van der Waals surface area (Å²) < 4.78 is 4.96. The maximum atomic E-state index is 12.4. The number of aliphatic hydroxyl groups excluding tert-OH is 1. The van der Waals surface area contributed by atoms with E-state index in [0.29, 0.717) is 0 Å². The Hall–Kier alpha value is -1.10. The predicted molar refractivity (Wildman–Crippen MR) is 71.4 cm³/mol. The van der Waals surface area contributed by atoms with Gasteiger partial charge in [0.1, 0.15) is 6.61 Å². The monoisotopic (exact) mass is 271 g/mol. The number of imide groups is 1. The van der Waals surface area contributed by atoms with Gasteiger partial charge in [-0.25, -0.2) is 9.69 Å². The lowest BCUT2D eigenvalue weighted by Crippen LogP contribution is -2.49. The number of carbonyl (C=O) groups excluding carboxylic acids is 2. The SMILES string of the molecule is CC(C)[C@H]1COC(=O)N1C(=O)[C@@H](C)[C@@H](O)C(C)(C)C. The molecule has 19 heavy (non-hydrogen) atoms. The fourth-order valence-corrected chi connectivity index (χ4v) is 2.28. The molecule has 1 saturated heterocycles. The van der Waals surface area contributed by atoms with Crippen LogP contribution in [0.15, 0.2) is 0 Å². The fourth-order valence-electron chi connectivity index (χ4n) is 2.28. The maximum Gasteiger partial charge on any atom is 0.416 e. The second-order valence-electron chi connectivity index (χ2n) is 6.70. The Morgan fingerprint density at radius 1 is 1.37 bits per heavy atom. The number of aliphatic hydroxyl groups is 1. The van der Waals surface area contributed by atoms with Gasteiger partial charge in [-0.2, -0.15) is 0 Å². The van der Waals surface area contributed by atoms with Crippen LogP contribution in [0.3, 0.4) is 0 Å². The summed E-state index contributed by atoms with van der Waals surface area (Å²) in [7, 11) is 0. The number of cyclic esters (lactones) is 1. The van der Waals surface area contributed by atoms with Crippen LogP contribution in [0, 0.1) is 17.3 Å². The summed E-state index contributed by atoms with van der Waals surface area (Å²) in [6.45, 7) is 11.4. The molecule has 2 amide bonds. The minimum absolute atomic E-state index is 0.134. The largest absolute Gasteiger partial charge is 0.447 e. The molecule has 0 aromatic rings. The molecule has 1 rings (SSSR count). The molecule has 0 aromatic heterocycles. The molecule has 1 fully saturated rings. The molecule has 0 aliphatic carbocycles. The Morgan fingerprint density at radius 2 is 1.89 bits per heavy atom. The van der Waals surface area contributed by atoms with E-state index in [9.17, 15) is 14.7 Å².